The van der Waals surface area contributed by atoms with E-state index in [-0.39, 0.29) is 0 Å². The fraction of sp³-hybridized carbons (Fsp3) is 0.562. The van der Waals surface area contributed by atoms with Gasteiger partial charge in [0.2, 0.25) is 0 Å². The smallest absolute Gasteiger partial charge is 0.124 e. The molecular weight excluding hydrogens is 236 g/mol. The average Bonchev–Trinajstić information content (AvgIpc) is 2.42. The van der Waals surface area contributed by atoms with Crippen molar-refractivity contribution in [3.05, 3.63) is 35.4 Å². The molecule has 0 spiro atoms. The number of aldehydes is 1. The van der Waals surface area contributed by atoms with Crippen LogP contribution in [0.4, 0.5) is 0 Å². The lowest BCUT2D eigenvalue weighted by Gasteiger charge is -2.36. The van der Waals surface area contributed by atoms with Crippen LogP contribution in [0, 0.1) is 0 Å². The lowest BCUT2D eigenvalue weighted by Crippen LogP contribution is -2.48. The van der Waals surface area contributed by atoms with Crippen LogP contribution in [-0.4, -0.2) is 48.3 Å². The standard InChI is InChI=1S/C16H24N2O/c1-14(2)18-10-8-17(9-11-18)13-16-5-3-15(4-6-16)7-12-19/h3-6,12,14H,7-11,13H2,1-2H3. The van der Waals surface area contributed by atoms with Crippen LogP contribution in [0.25, 0.3) is 0 Å². The summed E-state index contributed by atoms with van der Waals surface area (Å²) >= 11 is 0. The van der Waals surface area contributed by atoms with Crippen molar-refractivity contribution < 1.29 is 4.79 Å². The number of carbonyl (C=O) groups excluding carboxylic acids is 1. The van der Waals surface area contributed by atoms with E-state index in [1.54, 1.807) is 0 Å². The molecule has 1 aliphatic heterocycles. The Morgan fingerprint density at radius 1 is 1.05 bits per heavy atom. The van der Waals surface area contributed by atoms with Crippen LogP contribution < -0.4 is 0 Å². The number of rotatable bonds is 5. The molecule has 0 radical (unpaired) electrons. The van der Waals surface area contributed by atoms with Gasteiger partial charge in [-0.25, -0.2) is 0 Å². The topological polar surface area (TPSA) is 23.6 Å². The predicted octanol–water partition coefficient (Wildman–Crippen LogP) is 1.95. The highest BCUT2D eigenvalue weighted by Gasteiger charge is 2.18. The van der Waals surface area contributed by atoms with Gasteiger partial charge < -0.3 is 4.79 Å². The molecule has 1 fully saturated rings. The molecule has 0 unspecified atom stereocenters. The van der Waals surface area contributed by atoms with Crippen molar-refractivity contribution in [3.8, 4) is 0 Å². The molecule has 1 aromatic rings. The zero-order chi connectivity index (χ0) is 13.7. The highest BCUT2D eigenvalue weighted by Crippen LogP contribution is 2.11. The maximum atomic E-state index is 10.4. The first-order valence-electron chi connectivity index (χ1n) is 7.17. The van der Waals surface area contributed by atoms with Crippen molar-refractivity contribution in [2.75, 3.05) is 26.2 Å². The average molecular weight is 260 g/mol. The van der Waals surface area contributed by atoms with Crippen LogP contribution in [0.5, 0.6) is 0 Å². The number of piperazine rings is 1. The van der Waals surface area contributed by atoms with Crippen LogP contribution in [0.2, 0.25) is 0 Å². The Hall–Kier alpha value is -1.19. The number of nitrogens with zero attached hydrogens (tertiary/aromatic N) is 2. The summed E-state index contributed by atoms with van der Waals surface area (Å²) in [4.78, 5) is 15.5. The third-order valence-electron chi connectivity index (χ3n) is 3.89. The van der Waals surface area contributed by atoms with Gasteiger partial charge in [-0.15, -0.1) is 0 Å². The lowest BCUT2D eigenvalue weighted by molar-refractivity contribution is -0.107. The second kappa shape index (κ2) is 6.83. The molecule has 2 rings (SSSR count). The SMILES string of the molecule is CC(C)N1CCN(Cc2ccc(CC=O)cc2)CC1. The number of hydrogen-bond acceptors (Lipinski definition) is 3. The minimum atomic E-state index is 0.521. The molecule has 0 bridgehead atoms. The normalized spacial score (nSPS) is 17.8. The van der Waals surface area contributed by atoms with Gasteiger partial charge in [0.1, 0.15) is 6.29 Å². The lowest BCUT2D eigenvalue weighted by atomic mass is 10.1. The number of hydrogen-bond donors (Lipinski definition) is 0. The molecule has 3 heteroatoms. The van der Waals surface area contributed by atoms with Crippen LogP contribution in [0.1, 0.15) is 25.0 Å². The van der Waals surface area contributed by atoms with Gasteiger partial charge in [-0.1, -0.05) is 24.3 Å². The fourth-order valence-corrected chi connectivity index (χ4v) is 2.57. The van der Waals surface area contributed by atoms with Crippen LogP contribution in [-0.2, 0) is 17.8 Å². The van der Waals surface area contributed by atoms with Crippen LogP contribution in [0.15, 0.2) is 24.3 Å². The Kier molecular flexibility index (Phi) is 5.11. The van der Waals surface area contributed by atoms with E-state index in [4.69, 9.17) is 0 Å². The molecule has 0 atom stereocenters. The summed E-state index contributed by atoms with van der Waals surface area (Å²) in [5.41, 5.74) is 2.44. The fourth-order valence-electron chi connectivity index (χ4n) is 2.57. The molecule has 3 nitrogen and oxygen atoms in total. The van der Waals surface area contributed by atoms with Crippen LogP contribution >= 0.6 is 0 Å². The maximum Gasteiger partial charge on any atom is 0.124 e. The Morgan fingerprint density at radius 3 is 2.16 bits per heavy atom. The van der Waals surface area contributed by atoms with Crippen molar-refractivity contribution in [2.45, 2.75) is 32.9 Å². The minimum absolute atomic E-state index is 0.521. The summed E-state index contributed by atoms with van der Waals surface area (Å²) < 4.78 is 0. The molecule has 1 aromatic carbocycles. The van der Waals surface area contributed by atoms with Crippen molar-refractivity contribution in [1.29, 1.82) is 0 Å². The van der Waals surface area contributed by atoms with E-state index in [0.717, 1.165) is 31.5 Å². The maximum absolute atomic E-state index is 10.4. The Balaban J connectivity index is 1.83. The van der Waals surface area contributed by atoms with Crippen molar-refractivity contribution in [3.63, 3.8) is 0 Å². The van der Waals surface area contributed by atoms with Gasteiger partial charge in [-0.2, -0.15) is 0 Å². The highest BCUT2D eigenvalue weighted by atomic mass is 16.1. The molecular formula is C16H24N2O. The molecule has 1 heterocycles. The van der Waals surface area contributed by atoms with E-state index in [0.29, 0.717) is 12.5 Å². The monoisotopic (exact) mass is 260 g/mol. The van der Waals surface area contributed by atoms with Gasteiger partial charge in [-0.3, -0.25) is 9.80 Å². The van der Waals surface area contributed by atoms with Crippen molar-refractivity contribution >= 4 is 6.29 Å². The van der Waals surface area contributed by atoms with E-state index in [9.17, 15) is 4.79 Å². The molecule has 0 amide bonds. The molecule has 0 saturated carbocycles. The molecule has 104 valence electrons. The van der Waals surface area contributed by atoms with Gasteiger partial charge in [-0.05, 0) is 25.0 Å². The molecule has 0 N–H and O–H groups in total. The third-order valence-corrected chi connectivity index (χ3v) is 3.89. The van der Waals surface area contributed by atoms with E-state index in [2.05, 4.69) is 47.9 Å². The Bertz CT molecular complexity index is 392. The summed E-state index contributed by atoms with van der Waals surface area (Å²) in [5.74, 6) is 0. The van der Waals surface area contributed by atoms with Gasteiger partial charge in [0.25, 0.3) is 0 Å². The van der Waals surface area contributed by atoms with Gasteiger partial charge in [0, 0.05) is 45.2 Å². The summed E-state index contributed by atoms with van der Waals surface area (Å²) in [6.07, 6.45) is 1.48. The largest absolute Gasteiger partial charge is 0.303 e. The molecule has 0 aliphatic carbocycles. The quantitative estimate of drug-likeness (QED) is 0.756. The second-order valence-corrected chi connectivity index (χ2v) is 5.59. The summed E-state index contributed by atoms with van der Waals surface area (Å²) in [7, 11) is 0. The molecule has 19 heavy (non-hydrogen) atoms. The first-order chi connectivity index (χ1) is 9.19. The van der Waals surface area contributed by atoms with E-state index in [1.165, 1.54) is 18.7 Å². The first-order valence-corrected chi connectivity index (χ1v) is 7.17. The van der Waals surface area contributed by atoms with Crippen molar-refractivity contribution in [1.82, 2.24) is 9.80 Å². The van der Waals surface area contributed by atoms with E-state index >= 15 is 0 Å². The van der Waals surface area contributed by atoms with Crippen LogP contribution in [0.3, 0.4) is 0 Å². The van der Waals surface area contributed by atoms with E-state index in [1.807, 2.05) is 0 Å². The Morgan fingerprint density at radius 2 is 1.63 bits per heavy atom. The van der Waals surface area contributed by atoms with Gasteiger partial charge in [0.05, 0.1) is 0 Å². The van der Waals surface area contributed by atoms with Gasteiger partial charge >= 0.3 is 0 Å². The number of carbonyl (C=O) groups is 1. The van der Waals surface area contributed by atoms with Crippen molar-refractivity contribution in [2.24, 2.45) is 0 Å². The molecule has 1 aliphatic rings. The molecule has 0 aromatic heterocycles. The zero-order valence-corrected chi connectivity index (χ0v) is 12.0. The summed E-state index contributed by atoms with van der Waals surface area (Å²) in [6.45, 7) is 10.2. The number of benzene rings is 1. The van der Waals surface area contributed by atoms with Gasteiger partial charge in [0.15, 0.2) is 0 Å². The second-order valence-electron chi connectivity index (χ2n) is 5.59. The predicted molar refractivity (Wildman–Crippen MR) is 78.2 cm³/mol. The zero-order valence-electron chi connectivity index (χ0n) is 12.0. The minimum Gasteiger partial charge on any atom is -0.303 e. The summed E-state index contributed by atoms with van der Waals surface area (Å²) in [6, 6.07) is 9.08. The molecule has 1 saturated heterocycles. The Labute approximate surface area is 116 Å². The van der Waals surface area contributed by atoms with E-state index < -0.39 is 0 Å². The first kappa shape index (κ1) is 14.2. The summed E-state index contributed by atoms with van der Waals surface area (Å²) in [5, 5.41) is 0. The highest BCUT2D eigenvalue weighted by molar-refractivity contribution is 5.54. The third kappa shape index (κ3) is 4.15.